The number of carbonyl (C=O) groups is 1. The molecule has 1 aliphatic carbocycles. The number of benzene rings is 1. The molecule has 3 heteroatoms. The van der Waals surface area contributed by atoms with Gasteiger partial charge in [-0.15, -0.1) is 0 Å². The summed E-state index contributed by atoms with van der Waals surface area (Å²) in [4.78, 5) is 12.4. The summed E-state index contributed by atoms with van der Waals surface area (Å²) in [5.74, 6) is 0.669. The fraction of sp³-hybridized carbons (Fsp3) is 0.611. The van der Waals surface area contributed by atoms with Gasteiger partial charge in [-0.05, 0) is 42.7 Å². The molecule has 0 amide bonds. The summed E-state index contributed by atoms with van der Waals surface area (Å²) in [6.07, 6.45) is 6.64. The Morgan fingerprint density at radius 2 is 2.10 bits per heavy atom. The van der Waals surface area contributed by atoms with Crippen molar-refractivity contribution in [3.63, 3.8) is 0 Å². The summed E-state index contributed by atoms with van der Waals surface area (Å²) in [6, 6.07) is 8.15. The molecule has 3 nitrogen and oxygen atoms in total. The predicted molar refractivity (Wildman–Crippen MR) is 82.9 cm³/mol. The Hall–Kier alpha value is -1.35. The van der Waals surface area contributed by atoms with Crippen molar-refractivity contribution in [2.75, 3.05) is 0 Å². The first-order valence-corrected chi connectivity index (χ1v) is 8.27. The normalized spacial score (nSPS) is 28.7. The molecule has 1 aromatic rings. The summed E-state index contributed by atoms with van der Waals surface area (Å²) in [7, 11) is 0. The van der Waals surface area contributed by atoms with Crippen LogP contribution < -0.4 is 5.32 Å². The van der Waals surface area contributed by atoms with Crippen molar-refractivity contribution in [3.8, 4) is 0 Å². The molecule has 2 aliphatic rings. The third kappa shape index (κ3) is 3.46. The van der Waals surface area contributed by atoms with E-state index in [9.17, 15) is 4.79 Å². The maximum atomic E-state index is 12.4. The van der Waals surface area contributed by atoms with E-state index in [2.05, 4.69) is 24.4 Å². The van der Waals surface area contributed by atoms with Gasteiger partial charge in [0.15, 0.2) is 0 Å². The average Bonchev–Trinajstić information content (AvgIpc) is 2.54. The highest BCUT2D eigenvalue weighted by molar-refractivity contribution is 5.77. The Morgan fingerprint density at radius 1 is 1.29 bits per heavy atom. The quantitative estimate of drug-likeness (QED) is 0.868. The second kappa shape index (κ2) is 6.61. The summed E-state index contributed by atoms with van der Waals surface area (Å²) >= 11 is 0. The Bertz CT molecular complexity index is 500. The molecular weight excluding hydrogens is 262 g/mol. The SMILES string of the molecule is CCC1CCCC(OC(=O)C2Cc3ccccc3CN2)C1. The second-order valence-electron chi connectivity index (χ2n) is 6.41. The molecule has 1 N–H and O–H groups in total. The first kappa shape index (κ1) is 14.6. The van der Waals surface area contributed by atoms with Crippen molar-refractivity contribution in [2.45, 2.75) is 64.1 Å². The van der Waals surface area contributed by atoms with Crippen molar-refractivity contribution >= 4 is 5.97 Å². The molecule has 21 heavy (non-hydrogen) atoms. The van der Waals surface area contributed by atoms with Gasteiger partial charge in [0.05, 0.1) is 0 Å². The molecule has 3 unspecified atom stereocenters. The average molecular weight is 287 g/mol. The van der Waals surface area contributed by atoms with Gasteiger partial charge in [0, 0.05) is 6.54 Å². The monoisotopic (exact) mass is 287 g/mol. The van der Waals surface area contributed by atoms with E-state index in [1.807, 2.05) is 12.1 Å². The van der Waals surface area contributed by atoms with E-state index < -0.39 is 0 Å². The van der Waals surface area contributed by atoms with E-state index >= 15 is 0 Å². The molecule has 1 fully saturated rings. The Morgan fingerprint density at radius 3 is 2.90 bits per heavy atom. The van der Waals surface area contributed by atoms with E-state index in [4.69, 9.17) is 4.74 Å². The summed E-state index contributed by atoms with van der Waals surface area (Å²) in [5, 5.41) is 3.32. The minimum Gasteiger partial charge on any atom is -0.461 e. The number of hydrogen-bond donors (Lipinski definition) is 1. The van der Waals surface area contributed by atoms with Crippen LogP contribution in [0.25, 0.3) is 0 Å². The van der Waals surface area contributed by atoms with Crippen molar-refractivity contribution in [3.05, 3.63) is 35.4 Å². The Labute approximate surface area is 127 Å². The zero-order chi connectivity index (χ0) is 14.7. The fourth-order valence-electron chi connectivity index (χ4n) is 3.59. The van der Waals surface area contributed by atoms with E-state index in [1.165, 1.54) is 30.4 Å². The smallest absolute Gasteiger partial charge is 0.323 e. The predicted octanol–water partition coefficient (Wildman–Crippen LogP) is 3.21. The second-order valence-corrected chi connectivity index (χ2v) is 6.41. The number of hydrogen-bond acceptors (Lipinski definition) is 3. The molecule has 114 valence electrons. The maximum Gasteiger partial charge on any atom is 0.323 e. The zero-order valence-electron chi connectivity index (χ0n) is 12.8. The minimum atomic E-state index is -0.179. The van der Waals surface area contributed by atoms with Crippen molar-refractivity contribution in [1.82, 2.24) is 5.32 Å². The van der Waals surface area contributed by atoms with Gasteiger partial charge in [0.1, 0.15) is 12.1 Å². The molecule has 0 radical (unpaired) electrons. The standard InChI is InChI=1S/C18H25NO2/c1-2-13-6-5-9-16(10-13)21-18(20)17-11-14-7-3-4-8-15(14)12-19-17/h3-4,7-8,13,16-17,19H,2,5-6,9-12H2,1H3. The van der Waals surface area contributed by atoms with Crippen molar-refractivity contribution in [2.24, 2.45) is 5.92 Å². The maximum absolute atomic E-state index is 12.4. The summed E-state index contributed by atoms with van der Waals surface area (Å²) in [5.41, 5.74) is 2.57. The van der Waals surface area contributed by atoms with Gasteiger partial charge in [-0.1, -0.05) is 44.0 Å². The third-order valence-corrected chi connectivity index (χ3v) is 4.96. The molecule has 1 heterocycles. The van der Waals surface area contributed by atoms with Crippen LogP contribution in [0.15, 0.2) is 24.3 Å². The van der Waals surface area contributed by atoms with Crippen LogP contribution in [-0.2, 0) is 22.5 Å². The Balaban J connectivity index is 1.57. The highest BCUT2D eigenvalue weighted by Gasteiger charge is 2.29. The third-order valence-electron chi connectivity index (χ3n) is 4.96. The molecule has 0 aromatic heterocycles. The van der Waals surface area contributed by atoms with E-state index in [1.54, 1.807) is 0 Å². The Kier molecular flexibility index (Phi) is 4.59. The van der Waals surface area contributed by atoms with E-state index in [0.29, 0.717) is 0 Å². The molecule has 3 atom stereocenters. The van der Waals surface area contributed by atoms with Gasteiger partial charge >= 0.3 is 5.97 Å². The molecule has 1 aromatic carbocycles. The lowest BCUT2D eigenvalue weighted by atomic mass is 9.85. The molecule has 1 aliphatic heterocycles. The number of fused-ring (bicyclic) bond motifs is 1. The van der Waals surface area contributed by atoms with Crippen molar-refractivity contribution in [1.29, 1.82) is 0 Å². The van der Waals surface area contributed by atoms with Crippen LogP contribution >= 0.6 is 0 Å². The number of rotatable bonds is 3. The lowest BCUT2D eigenvalue weighted by molar-refractivity contribution is -0.154. The first-order valence-electron chi connectivity index (χ1n) is 8.27. The first-order chi connectivity index (χ1) is 10.3. The van der Waals surface area contributed by atoms with Gasteiger partial charge in [0.25, 0.3) is 0 Å². The molecule has 0 saturated heterocycles. The van der Waals surface area contributed by atoms with Crippen LogP contribution in [0.1, 0.15) is 50.2 Å². The van der Waals surface area contributed by atoms with Gasteiger partial charge in [-0.3, -0.25) is 4.79 Å². The minimum absolute atomic E-state index is 0.0637. The van der Waals surface area contributed by atoms with Crippen LogP contribution in [0.4, 0.5) is 0 Å². The van der Waals surface area contributed by atoms with Gasteiger partial charge in [0.2, 0.25) is 0 Å². The fourth-order valence-corrected chi connectivity index (χ4v) is 3.59. The van der Waals surface area contributed by atoms with Crippen LogP contribution in [0.5, 0.6) is 0 Å². The number of carbonyl (C=O) groups excluding carboxylic acids is 1. The van der Waals surface area contributed by atoms with Gasteiger partial charge in [-0.25, -0.2) is 0 Å². The molecule has 0 bridgehead atoms. The number of ether oxygens (including phenoxy) is 1. The van der Waals surface area contributed by atoms with Gasteiger partial charge in [-0.2, -0.15) is 0 Å². The van der Waals surface area contributed by atoms with E-state index in [-0.39, 0.29) is 18.1 Å². The highest BCUT2D eigenvalue weighted by Crippen LogP contribution is 2.29. The number of esters is 1. The zero-order valence-corrected chi connectivity index (χ0v) is 12.8. The number of nitrogens with one attached hydrogen (secondary N) is 1. The van der Waals surface area contributed by atoms with Crippen LogP contribution in [0.3, 0.4) is 0 Å². The molecular formula is C18H25NO2. The molecule has 0 spiro atoms. The van der Waals surface area contributed by atoms with Gasteiger partial charge < -0.3 is 10.1 Å². The van der Waals surface area contributed by atoms with Crippen molar-refractivity contribution < 1.29 is 9.53 Å². The van der Waals surface area contributed by atoms with E-state index in [0.717, 1.165) is 31.7 Å². The lowest BCUT2D eigenvalue weighted by Gasteiger charge is -2.31. The van der Waals surface area contributed by atoms with Crippen LogP contribution in [0.2, 0.25) is 0 Å². The highest BCUT2D eigenvalue weighted by atomic mass is 16.5. The topological polar surface area (TPSA) is 38.3 Å². The molecule has 3 rings (SSSR count). The van der Waals surface area contributed by atoms with Crippen LogP contribution in [-0.4, -0.2) is 18.1 Å². The lowest BCUT2D eigenvalue weighted by Crippen LogP contribution is -2.44. The largest absolute Gasteiger partial charge is 0.461 e. The summed E-state index contributed by atoms with van der Waals surface area (Å²) in [6.45, 7) is 2.99. The molecule has 1 saturated carbocycles. The van der Waals surface area contributed by atoms with Crippen LogP contribution in [0, 0.1) is 5.92 Å². The summed E-state index contributed by atoms with van der Waals surface area (Å²) < 4.78 is 5.78.